The van der Waals surface area contributed by atoms with E-state index in [1.807, 2.05) is 29.2 Å². The molecule has 4 aliphatic rings. The second-order valence-corrected chi connectivity index (χ2v) is 11.3. The lowest BCUT2D eigenvalue weighted by Gasteiger charge is -2.25. The van der Waals surface area contributed by atoms with Gasteiger partial charge < -0.3 is 23.8 Å². The Hall–Kier alpha value is -3.92. The number of nitrogens with zero attached hydrogens (tertiary/aromatic N) is 3. The number of hydrogen-bond acceptors (Lipinski definition) is 7. The topological polar surface area (TPSA) is 118 Å². The number of benzene rings is 1. The van der Waals surface area contributed by atoms with Gasteiger partial charge in [-0.05, 0) is 60.9 Å². The average molecular weight is 545 g/mol. The zero-order valence-corrected chi connectivity index (χ0v) is 22.3. The van der Waals surface area contributed by atoms with E-state index in [0.29, 0.717) is 72.8 Å². The van der Waals surface area contributed by atoms with Gasteiger partial charge in [0.15, 0.2) is 0 Å². The molecule has 1 N–H and O–H groups in total. The van der Waals surface area contributed by atoms with Gasteiger partial charge in [0.1, 0.15) is 5.76 Å². The van der Waals surface area contributed by atoms with Crippen LogP contribution in [0.1, 0.15) is 80.5 Å². The first-order chi connectivity index (χ1) is 19.5. The van der Waals surface area contributed by atoms with Crippen molar-refractivity contribution in [1.29, 1.82) is 0 Å². The molecule has 1 aliphatic carbocycles. The number of aromatic nitrogens is 2. The summed E-state index contributed by atoms with van der Waals surface area (Å²) in [4.78, 5) is 47.1. The lowest BCUT2D eigenvalue weighted by molar-refractivity contribution is 0.0490. The van der Waals surface area contributed by atoms with Gasteiger partial charge in [-0.3, -0.25) is 14.4 Å². The number of ether oxygens (including phenoxy) is 2. The second-order valence-electron chi connectivity index (χ2n) is 11.3. The Labute approximate surface area is 231 Å². The van der Waals surface area contributed by atoms with Gasteiger partial charge in [0.25, 0.3) is 17.4 Å². The summed E-state index contributed by atoms with van der Waals surface area (Å²) >= 11 is 0. The fourth-order valence-corrected chi connectivity index (χ4v) is 5.86. The molecule has 0 atom stereocenters. The number of carbonyl (C=O) groups excluding carboxylic acids is 2. The summed E-state index contributed by atoms with van der Waals surface area (Å²) in [5.41, 5.74) is 4.30. The van der Waals surface area contributed by atoms with Gasteiger partial charge in [-0.1, -0.05) is 6.07 Å². The Kier molecular flexibility index (Phi) is 6.42. The Morgan fingerprint density at radius 1 is 0.950 bits per heavy atom. The Bertz CT molecular complexity index is 1520. The van der Waals surface area contributed by atoms with Crippen LogP contribution in [0, 0.1) is 5.92 Å². The number of pyridine rings is 1. The minimum atomic E-state index is -0.284. The number of amides is 2. The number of H-pyrrole nitrogens is 1. The normalized spacial score (nSPS) is 18.9. The molecule has 10 nitrogen and oxygen atoms in total. The minimum absolute atomic E-state index is 0.0629. The number of aromatic amines is 1. The van der Waals surface area contributed by atoms with Crippen molar-refractivity contribution in [2.24, 2.45) is 5.92 Å². The molecule has 2 fully saturated rings. The van der Waals surface area contributed by atoms with Gasteiger partial charge in [-0.15, -0.1) is 0 Å². The molecule has 3 aliphatic heterocycles. The van der Waals surface area contributed by atoms with Crippen molar-refractivity contribution >= 4 is 11.8 Å². The zero-order valence-electron chi connectivity index (χ0n) is 22.3. The standard InChI is InChI=1S/C30H32N4O6/c35-28-24-16-33(8-5-26(24)40-32-28)29(36)20-3-4-21-14-34(15-23(21)11-20)30(37)22-12-25(19-1-2-19)31-27(13-22)39-17-18-6-9-38-10-7-18/h3-4,11-13,18-19H,1-2,5-10,14-17H2,(H,32,35). The molecule has 0 spiro atoms. The van der Waals surface area contributed by atoms with Crippen LogP contribution < -0.4 is 10.3 Å². The third kappa shape index (κ3) is 4.92. The van der Waals surface area contributed by atoms with E-state index >= 15 is 0 Å². The first-order valence-corrected chi connectivity index (χ1v) is 14.1. The summed E-state index contributed by atoms with van der Waals surface area (Å²) < 4.78 is 16.7. The fourth-order valence-electron chi connectivity index (χ4n) is 5.86. The molecule has 7 rings (SSSR count). The minimum Gasteiger partial charge on any atom is -0.477 e. The van der Waals surface area contributed by atoms with Crippen LogP contribution in [-0.2, 0) is 30.8 Å². The van der Waals surface area contributed by atoms with Crippen molar-refractivity contribution in [1.82, 2.24) is 19.9 Å². The van der Waals surface area contributed by atoms with Crippen LogP contribution in [0.25, 0.3) is 0 Å². The van der Waals surface area contributed by atoms with Crippen molar-refractivity contribution in [3.63, 3.8) is 0 Å². The highest BCUT2D eigenvalue weighted by atomic mass is 16.5. The van der Waals surface area contributed by atoms with E-state index < -0.39 is 0 Å². The molecule has 10 heteroatoms. The van der Waals surface area contributed by atoms with Crippen molar-refractivity contribution in [3.8, 4) is 5.88 Å². The summed E-state index contributed by atoms with van der Waals surface area (Å²) in [6, 6.07) is 9.31. The maximum Gasteiger partial charge on any atom is 0.285 e. The van der Waals surface area contributed by atoms with Gasteiger partial charge in [0.05, 0.1) is 18.7 Å². The van der Waals surface area contributed by atoms with Crippen molar-refractivity contribution in [3.05, 3.63) is 80.0 Å². The van der Waals surface area contributed by atoms with E-state index in [9.17, 15) is 14.4 Å². The summed E-state index contributed by atoms with van der Waals surface area (Å²) in [6.07, 6.45) is 4.63. The van der Waals surface area contributed by atoms with E-state index in [-0.39, 0.29) is 23.9 Å². The molecule has 1 aromatic carbocycles. The number of hydrogen-bond donors (Lipinski definition) is 1. The number of nitrogens with one attached hydrogen (secondary N) is 1. The largest absolute Gasteiger partial charge is 0.477 e. The molecule has 0 radical (unpaired) electrons. The Morgan fingerprint density at radius 2 is 1.75 bits per heavy atom. The lowest BCUT2D eigenvalue weighted by Crippen LogP contribution is -2.37. The Morgan fingerprint density at radius 3 is 2.58 bits per heavy atom. The smallest absolute Gasteiger partial charge is 0.285 e. The zero-order chi connectivity index (χ0) is 27.2. The van der Waals surface area contributed by atoms with Crippen LogP contribution in [-0.4, -0.2) is 58.1 Å². The van der Waals surface area contributed by atoms with Crippen LogP contribution in [0.4, 0.5) is 0 Å². The molecule has 2 aromatic heterocycles. The van der Waals surface area contributed by atoms with Crippen LogP contribution >= 0.6 is 0 Å². The molecule has 3 aromatic rings. The molecule has 40 heavy (non-hydrogen) atoms. The van der Waals surface area contributed by atoms with E-state index in [4.69, 9.17) is 19.0 Å². The molecular formula is C30H32N4O6. The van der Waals surface area contributed by atoms with Crippen LogP contribution in [0.5, 0.6) is 5.88 Å². The maximum atomic E-state index is 13.7. The van der Waals surface area contributed by atoms with Crippen molar-refractivity contribution in [2.75, 3.05) is 26.4 Å². The number of carbonyl (C=O) groups is 2. The first-order valence-electron chi connectivity index (χ1n) is 14.1. The predicted molar refractivity (Wildman–Crippen MR) is 143 cm³/mol. The van der Waals surface area contributed by atoms with E-state index in [1.54, 1.807) is 11.0 Å². The van der Waals surface area contributed by atoms with Crippen LogP contribution in [0.3, 0.4) is 0 Å². The molecule has 2 amide bonds. The van der Waals surface area contributed by atoms with E-state index in [2.05, 4.69) is 5.16 Å². The molecule has 0 unspecified atom stereocenters. The van der Waals surface area contributed by atoms with Gasteiger partial charge >= 0.3 is 0 Å². The molecule has 1 saturated carbocycles. The number of rotatable bonds is 6. The highest BCUT2D eigenvalue weighted by Crippen LogP contribution is 2.40. The van der Waals surface area contributed by atoms with E-state index in [1.165, 1.54) is 0 Å². The molecule has 0 bridgehead atoms. The van der Waals surface area contributed by atoms with E-state index in [0.717, 1.165) is 55.7 Å². The molecule has 1 saturated heterocycles. The number of fused-ring (bicyclic) bond motifs is 2. The van der Waals surface area contributed by atoms with Crippen molar-refractivity contribution in [2.45, 2.75) is 57.7 Å². The third-order valence-electron chi connectivity index (χ3n) is 8.46. The van der Waals surface area contributed by atoms with Crippen LogP contribution in [0.2, 0.25) is 0 Å². The van der Waals surface area contributed by atoms with Crippen molar-refractivity contribution < 1.29 is 23.6 Å². The summed E-state index contributed by atoms with van der Waals surface area (Å²) in [6.45, 7) is 3.74. The maximum absolute atomic E-state index is 13.7. The van der Waals surface area contributed by atoms with Gasteiger partial charge in [-0.25, -0.2) is 4.98 Å². The molecular weight excluding hydrogens is 512 g/mol. The molecule has 5 heterocycles. The summed E-state index contributed by atoms with van der Waals surface area (Å²) in [5.74, 6) is 1.78. The van der Waals surface area contributed by atoms with Crippen LogP contribution in [0.15, 0.2) is 39.6 Å². The predicted octanol–water partition coefficient (Wildman–Crippen LogP) is 3.40. The highest BCUT2D eigenvalue weighted by Gasteiger charge is 2.31. The SMILES string of the molecule is O=C(c1cc(OCC2CCOCC2)nc(C2CC2)c1)N1Cc2ccc(C(=O)N3CCc4o[nH]c(=O)c4C3)cc2C1. The third-order valence-corrected chi connectivity index (χ3v) is 8.46. The first kappa shape index (κ1) is 25.1. The average Bonchev–Trinajstić information content (AvgIpc) is 3.66. The summed E-state index contributed by atoms with van der Waals surface area (Å²) in [5, 5.41) is 2.36. The summed E-state index contributed by atoms with van der Waals surface area (Å²) in [7, 11) is 0. The van der Waals surface area contributed by atoms with Gasteiger partial charge in [0, 0.05) is 68.1 Å². The second kappa shape index (κ2) is 10.2. The highest BCUT2D eigenvalue weighted by molar-refractivity contribution is 5.96. The molecule has 208 valence electrons. The Balaban J connectivity index is 1.05. The quantitative estimate of drug-likeness (QED) is 0.505. The van der Waals surface area contributed by atoms with Gasteiger partial charge in [0.2, 0.25) is 5.88 Å². The fraction of sp³-hybridized carbons (Fsp3) is 0.467. The lowest BCUT2D eigenvalue weighted by atomic mass is 10.0. The monoisotopic (exact) mass is 544 g/mol. The van der Waals surface area contributed by atoms with Gasteiger partial charge in [-0.2, -0.15) is 5.16 Å².